The second-order valence-corrected chi connectivity index (χ2v) is 6.34. The minimum absolute atomic E-state index is 0.399. The molecule has 0 aromatic heterocycles. The summed E-state index contributed by atoms with van der Waals surface area (Å²) in [5, 5.41) is 0. The normalized spacial score (nSPS) is 10.3. The molecule has 0 atom stereocenters. The van der Waals surface area contributed by atoms with Gasteiger partial charge >= 0.3 is 11.9 Å². The molecule has 3 aromatic rings. The molecule has 0 radical (unpaired) electrons. The van der Waals surface area contributed by atoms with Crippen molar-refractivity contribution in [2.24, 2.45) is 0 Å². The van der Waals surface area contributed by atoms with Crippen molar-refractivity contribution in [2.45, 2.75) is 20.8 Å². The fourth-order valence-electron chi connectivity index (χ4n) is 2.72. The van der Waals surface area contributed by atoms with Gasteiger partial charge in [-0.25, -0.2) is 9.59 Å². The summed E-state index contributed by atoms with van der Waals surface area (Å²) in [6.45, 7) is 5.51. The van der Waals surface area contributed by atoms with Crippen LogP contribution in [0.4, 0.5) is 0 Å². The average Bonchev–Trinajstić information content (AvgIpc) is 2.64. The quantitative estimate of drug-likeness (QED) is 0.482. The minimum atomic E-state index is -0.419. The molecule has 0 saturated heterocycles. The molecule has 0 heterocycles. The monoisotopic (exact) mass is 360 g/mol. The number of carbonyl (C=O) groups excluding carboxylic acids is 2. The van der Waals surface area contributed by atoms with Crippen LogP contribution in [-0.4, -0.2) is 11.9 Å². The smallest absolute Gasteiger partial charge is 0.343 e. The van der Waals surface area contributed by atoms with Gasteiger partial charge in [0.15, 0.2) is 0 Å². The van der Waals surface area contributed by atoms with Crippen LogP contribution in [0, 0.1) is 20.8 Å². The van der Waals surface area contributed by atoms with E-state index in [1.54, 1.807) is 49.4 Å². The Labute approximate surface area is 158 Å². The van der Waals surface area contributed by atoms with Crippen LogP contribution in [0.25, 0.3) is 0 Å². The second-order valence-electron chi connectivity index (χ2n) is 6.34. The molecular weight excluding hydrogens is 340 g/mol. The van der Waals surface area contributed by atoms with Crippen molar-refractivity contribution in [2.75, 3.05) is 0 Å². The number of esters is 2. The summed E-state index contributed by atoms with van der Waals surface area (Å²) >= 11 is 0. The summed E-state index contributed by atoms with van der Waals surface area (Å²) < 4.78 is 10.9. The van der Waals surface area contributed by atoms with E-state index in [1.165, 1.54) is 0 Å². The highest BCUT2D eigenvalue weighted by atomic mass is 16.5. The zero-order chi connectivity index (χ0) is 19.4. The molecular formula is C23H20O4. The fourth-order valence-corrected chi connectivity index (χ4v) is 2.72. The predicted molar refractivity (Wildman–Crippen MR) is 103 cm³/mol. The van der Waals surface area contributed by atoms with Crippen LogP contribution < -0.4 is 9.47 Å². The molecule has 0 aliphatic carbocycles. The van der Waals surface area contributed by atoms with Gasteiger partial charge in [0.25, 0.3) is 0 Å². The van der Waals surface area contributed by atoms with Gasteiger partial charge in [-0.2, -0.15) is 0 Å². The second kappa shape index (κ2) is 7.87. The molecule has 27 heavy (non-hydrogen) atoms. The van der Waals surface area contributed by atoms with Gasteiger partial charge in [0, 0.05) is 0 Å². The molecule has 0 spiro atoms. The van der Waals surface area contributed by atoms with E-state index in [1.807, 2.05) is 38.1 Å². The number of benzene rings is 3. The van der Waals surface area contributed by atoms with Crippen molar-refractivity contribution in [3.63, 3.8) is 0 Å². The third-order valence-electron chi connectivity index (χ3n) is 4.29. The summed E-state index contributed by atoms with van der Waals surface area (Å²) in [5.74, 6) is -0.00611. The van der Waals surface area contributed by atoms with Crippen molar-refractivity contribution in [3.8, 4) is 11.5 Å². The van der Waals surface area contributed by atoms with Crippen LogP contribution in [0.5, 0.6) is 11.5 Å². The van der Waals surface area contributed by atoms with Gasteiger partial charge in [-0.05, 0) is 67.8 Å². The first-order valence-corrected chi connectivity index (χ1v) is 8.62. The van der Waals surface area contributed by atoms with Crippen LogP contribution in [0.15, 0.2) is 66.7 Å². The number of hydrogen-bond donors (Lipinski definition) is 0. The van der Waals surface area contributed by atoms with Crippen LogP contribution in [0.2, 0.25) is 0 Å². The molecule has 0 N–H and O–H groups in total. The maximum absolute atomic E-state index is 12.4. The van der Waals surface area contributed by atoms with Crippen LogP contribution in [0.3, 0.4) is 0 Å². The maximum atomic E-state index is 12.4. The number of carbonyl (C=O) groups is 2. The molecule has 0 unspecified atom stereocenters. The van der Waals surface area contributed by atoms with Gasteiger partial charge in [-0.15, -0.1) is 0 Å². The number of rotatable bonds is 4. The third kappa shape index (κ3) is 4.23. The van der Waals surface area contributed by atoms with E-state index < -0.39 is 11.9 Å². The van der Waals surface area contributed by atoms with E-state index in [4.69, 9.17) is 9.47 Å². The van der Waals surface area contributed by atoms with Gasteiger partial charge in [0.1, 0.15) is 11.5 Å². The van der Waals surface area contributed by atoms with Crippen molar-refractivity contribution < 1.29 is 19.1 Å². The van der Waals surface area contributed by atoms with Crippen molar-refractivity contribution in [1.82, 2.24) is 0 Å². The molecule has 0 saturated carbocycles. The van der Waals surface area contributed by atoms with Crippen LogP contribution >= 0.6 is 0 Å². The lowest BCUT2D eigenvalue weighted by molar-refractivity contribution is 0.0717. The van der Waals surface area contributed by atoms with Crippen molar-refractivity contribution >= 4 is 11.9 Å². The topological polar surface area (TPSA) is 52.6 Å². The van der Waals surface area contributed by atoms with E-state index >= 15 is 0 Å². The minimum Gasteiger partial charge on any atom is -0.423 e. The number of ether oxygens (including phenoxy) is 2. The SMILES string of the molecule is Cc1cc(OC(=O)c2ccccc2C)ccc1OC(=O)c1ccccc1C. The van der Waals surface area contributed by atoms with E-state index in [2.05, 4.69) is 0 Å². The Balaban J connectivity index is 1.74. The molecule has 3 rings (SSSR count). The average molecular weight is 360 g/mol. The molecule has 0 aliphatic rings. The van der Waals surface area contributed by atoms with Gasteiger partial charge < -0.3 is 9.47 Å². The predicted octanol–water partition coefficient (Wildman–Crippen LogP) is 5.05. The summed E-state index contributed by atoms with van der Waals surface area (Å²) in [6.07, 6.45) is 0. The Morgan fingerprint density at radius 1 is 0.630 bits per heavy atom. The van der Waals surface area contributed by atoms with Crippen LogP contribution in [-0.2, 0) is 0 Å². The Morgan fingerprint density at radius 2 is 1.15 bits per heavy atom. The fraction of sp³-hybridized carbons (Fsp3) is 0.130. The lowest BCUT2D eigenvalue weighted by Gasteiger charge is -2.11. The Bertz CT molecular complexity index is 1000. The van der Waals surface area contributed by atoms with Gasteiger partial charge in [0.05, 0.1) is 11.1 Å². The molecule has 4 nitrogen and oxygen atoms in total. The third-order valence-corrected chi connectivity index (χ3v) is 4.29. The molecule has 0 bridgehead atoms. The molecule has 0 aliphatic heterocycles. The zero-order valence-electron chi connectivity index (χ0n) is 15.5. The highest BCUT2D eigenvalue weighted by Gasteiger charge is 2.15. The summed E-state index contributed by atoms with van der Waals surface area (Å²) in [7, 11) is 0. The summed E-state index contributed by atoms with van der Waals surface area (Å²) in [6, 6.07) is 19.4. The van der Waals surface area contributed by atoms with E-state index in [-0.39, 0.29) is 0 Å². The van der Waals surface area contributed by atoms with E-state index in [0.717, 1.165) is 11.1 Å². The lowest BCUT2D eigenvalue weighted by Crippen LogP contribution is -2.12. The maximum Gasteiger partial charge on any atom is 0.343 e. The summed E-state index contributed by atoms with van der Waals surface area (Å²) in [5.41, 5.74) is 3.44. The number of aryl methyl sites for hydroxylation is 3. The van der Waals surface area contributed by atoms with Gasteiger partial charge in [-0.1, -0.05) is 36.4 Å². The van der Waals surface area contributed by atoms with Crippen LogP contribution in [0.1, 0.15) is 37.4 Å². The first-order valence-electron chi connectivity index (χ1n) is 8.62. The largest absolute Gasteiger partial charge is 0.423 e. The zero-order valence-corrected chi connectivity index (χ0v) is 15.5. The molecule has 136 valence electrons. The van der Waals surface area contributed by atoms with Crippen molar-refractivity contribution in [1.29, 1.82) is 0 Å². The standard InChI is InChI=1S/C23H20O4/c1-15-8-4-6-10-19(15)22(24)26-18-12-13-21(17(3)14-18)27-23(25)20-11-7-5-9-16(20)2/h4-14H,1-3H3. The van der Waals surface area contributed by atoms with Crippen molar-refractivity contribution in [3.05, 3.63) is 94.5 Å². The summed E-state index contributed by atoms with van der Waals surface area (Å²) in [4.78, 5) is 24.7. The highest BCUT2D eigenvalue weighted by Crippen LogP contribution is 2.25. The first kappa shape index (κ1) is 18.4. The molecule has 4 heteroatoms. The first-order chi connectivity index (χ1) is 13.0. The molecule has 3 aromatic carbocycles. The lowest BCUT2D eigenvalue weighted by atomic mass is 10.1. The molecule has 0 fully saturated rings. The molecule has 0 amide bonds. The Kier molecular flexibility index (Phi) is 5.36. The van der Waals surface area contributed by atoms with E-state index in [0.29, 0.717) is 28.2 Å². The number of hydrogen-bond acceptors (Lipinski definition) is 4. The van der Waals surface area contributed by atoms with E-state index in [9.17, 15) is 9.59 Å². The van der Waals surface area contributed by atoms with Gasteiger partial charge in [0.2, 0.25) is 0 Å². The Hall–Kier alpha value is -3.40. The van der Waals surface area contributed by atoms with Gasteiger partial charge in [-0.3, -0.25) is 0 Å². The Morgan fingerprint density at radius 3 is 1.67 bits per heavy atom. The highest BCUT2D eigenvalue weighted by molar-refractivity contribution is 5.93.